The molecule has 0 amide bonds. The van der Waals surface area contributed by atoms with Gasteiger partial charge in [0.2, 0.25) is 0 Å². The fraction of sp³-hybridized carbons (Fsp3) is 0.875. The Morgan fingerprint density at radius 3 is 2.45 bits per heavy atom. The molecule has 0 bridgehead atoms. The molecule has 4 nitrogen and oxygen atoms in total. The summed E-state index contributed by atoms with van der Waals surface area (Å²) in [6.45, 7) is 2.16. The lowest BCUT2D eigenvalue weighted by Crippen LogP contribution is -2.26. The van der Waals surface area contributed by atoms with Crippen LogP contribution in [0.4, 0.5) is 0 Å². The molecule has 3 unspecified atom stereocenters. The Kier molecular flexibility index (Phi) is 8.38. The molecule has 118 valence electrons. The smallest absolute Gasteiger partial charge is 0.0599 e. The van der Waals surface area contributed by atoms with Crippen molar-refractivity contribution in [2.45, 2.75) is 70.2 Å². The summed E-state index contributed by atoms with van der Waals surface area (Å²) in [5, 5.41) is 38.5. The van der Waals surface area contributed by atoms with Crippen LogP contribution in [0.3, 0.4) is 0 Å². The van der Waals surface area contributed by atoms with Crippen molar-refractivity contribution in [1.82, 2.24) is 0 Å². The predicted molar refractivity (Wildman–Crippen MR) is 79.2 cm³/mol. The van der Waals surface area contributed by atoms with Crippen molar-refractivity contribution >= 4 is 0 Å². The second-order valence-corrected chi connectivity index (χ2v) is 5.92. The number of unbranched alkanes of at least 4 members (excludes halogenated alkanes) is 2. The van der Waals surface area contributed by atoms with Crippen molar-refractivity contribution in [2.24, 2.45) is 11.8 Å². The van der Waals surface area contributed by atoms with E-state index in [-0.39, 0.29) is 18.4 Å². The summed E-state index contributed by atoms with van der Waals surface area (Å²) in [6, 6.07) is 0. The van der Waals surface area contributed by atoms with Crippen LogP contribution < -0.4 is 0 Å². The van der Waals surface area contributed by atoms with Crippen molar-refractivity contribution in [3.8, 4) is 0 Å². The lowest BCUT2D eigenvalue weighted by Gasteiger charge is -2.24. The summed E-state index contributed by atoms with van der Waals surface area (Å²) in [7, 11) is 0. The molecule has 0 heterocycles. The lowest BCUT2D eigenvalue weighted by molar-refractivity contribution is 0.0593. The standard InChI is InChI=1S/C16H30O4/c1-2-12(18)10-14-13(15(19)11-16(14)20)8-6-4-3-5-7-9-17/h4,6,12-20H,2-3,5,7-11H2,1H3/b6-4-/t12?,13?,14?,15-,16+/m0/s1. The van der Waals surface area contributed by atoms with Crippen LogP contribution in [0.15, 0.2) is 12.2 Å². The maximum atomic E-state index is 10.0. The summed E-state index contributed by atoms with van der Waals surface area (Å²) in [5.41, 5.74) is 0. The van der Waals surface area contributed by atoms with Crippen LogP contribution in [0.5, 0.6) is 0 Å². The second-order valence-electron chi connectivity index (χ2n) is 5.92. The minimum atomic E-state index is -0.501. The highest BCUT2D eigenvalue weighted by Gasteiger charge is 2.41. The van der Waals surface area contributed by atoms with Crippen LogP contribution >= 0.6 is 0 Å². The van der Waals surface area contributed by atoms with Crippen LogP contribution in [0.1, 0.15) is 51.9 Å². The van der Waals surface area contributed by atoms with E-state index in [0.29, 0.717) is 19.3 Å². The molecule has 20 heavy (non-hydrogen) atoms. The van der Waals surface area contributed by atoms with Crippen LogP contribution in [0.2, 0.25) is 0 Å². The number of hydrogen-bond acceptors (Lipinski definition) is 4. The van der Waals surface area contributed by atoms with Crippen molar-refractivity contribution in [3.05, 3.63) is 12.2 Å². The third-order valence-corrected chi connectivity index (χ3v) is 4.39. The second kappa shape index (κ2) is 9.50. The molecule has 0 radical (unpaired) electrons. The van der Waals surface area contributed by atoms with Crippen molar-refractivity contribution < 1.29 is 20.4 Å². The zero-order valence-corrected chi connectivity index (χ0v) is 12.5. The van der Waals surface area contributed by atoms with Crippen LogP contribution in [0, 0.1) is 11.8 Å². The quantitative estimate of drug-likeness (QED) is 0.383. The van der Waals surface area contributed by atoms with Gasteiger partial charge >= 0.3 is 0 Å². The van der Waals surface area contributed by atoms with E-state index in [1.165, 1.54) is 0 Å². The first-order valence-electron chi connectivity index (χ1n) is 7.90. The normalized spacial score (nSPS) is 32.0. The van der Waals surface area contributed by atoms with Gasteiger partial charge in [-0.1, -0.05) is 19.1 Å². The fourth-order valence-electron chi connectivity index (χ4n) is 3.06. The van der Waals surface area contributed by atoms with E-state index in [1.807, 2.05) is 6.92 Å². The van der Waals surface area contributed by atoms with Crippen molar-refractivity contribution in [1.29, 1.82) is 0 Å². The topological polar surface area (TPSA) is 80.9 Å². The van der Waals surface area contributed by atoms with E-state index in [2.05, 4.69) is 12.2 Å². The SMILES string of the molecule is CCC(O)CC1C(C/C=C\CCCCO)[C@@H](O)C[C@H]1O. The molecule has 0 aliphatic heterocycles. The van der Waals surface area contributed by atoms with Gasteiger partial charge in [0.05, 0.1) is 18.3 Å². The summed E-state index contributed by atoms with van der Waals surface area (Å²) < 4.78 is 0. The molecule has 0 spiro atoms. The third kappa shape index (κ3) is 5.52. The molecule has 1 aliphatic rings. The zero-order chi connectivity index (χ0) is 15.0. The first-order valence-corrected chi connectivity index (χ1v) is 7.90. The molecular formula is C16H30O4. The van der Waals surface area contributed by atoms with Gasteiger partial charge in [0.15, 0.2) is 0 Å². The molecule has 4 heteroatoms. The van der Waals surface area contributed by atoms with Crippen LogP contribution in [-0.4, -0.2) is 45.3 Å². The Balaban J connectivity index is 2.43. The molecule has 1 fully saturated rings. The van der Waals surface area contributed by atoms with E-state index in [4.69, 9.17) is 5.11 Å². The zero-order valence-electron chi connectivity index (χ0n) is 12.5. The molecule has 1 saturated carbocycles. The van der Waals surface area contributed by atoms with E-state index in [0.717, 1.165) is 25.7 Å². The van der Waals surface area contributed by atoms with Gasteiger partial charge in [0.25, 0.3) is 0 Å². The molecule has 4 N–H and O–H groups in total. The number of allylic oxidation sites excluding steroid dienone is 2. The van der Waals surface area contributed by atoms with Crippen molar-refractivity contribution in [2.75, 3.05) is 6.61 Å². The maximum Gasteiger partial charge on any atom is 0.0599 e. The van der Waals surface area contributed by atoms with Gasteiger partial charge in [-0.3, -0.25) is 0 Å². The molecule has 5 atom stereocenters. The average Bonchev–Trinajstić information content (AvgIpc) is 2.69. The van der Waals surface area contributed by atoms with E-state index in [1.54, 1.807) is 0 Å². The lowest BCUT2D eigenvalue weighted by atomic mass is 9.85. The Morgan fingerprint density at radius 1 is 1.10 bits per heavy atom. The monoisotopic (exact) mass is 286 g/mol. The summed E-state index contributed by atoms with van der Waals surface area (Å²) in [5.74, 6) is 0.0299. The summed E-state index contributed by atoms with van der Waals surface area (Å²) in [6.07, 6.45) is 7.93. The highest BCUT2D eigenvalue weighted by atomic mass is 16.3. The van der Waals surface area contributed by atoms with Gasteiger partial charge in [0.1, 0.15) is 0 Å². The Morgan fingerprint density at radius 2 is 1.80 bits per heavy atom. The Labute approximate surface area is 122 Å². The minimum Gasteiger partial charge on any atom is -0.396 e. The van der Waals surface area contributed by atoms with Gasteiger partial charge in [-0.15, -0.1) is 0 Å². The van der Waals surface area contributed by atoms with E-state index >= 15 is 0 Å². The Hall–Kier alpha value is -0.420. The Bertz CT molecular complexity index is 280. The first kappa shape index (κ1) is 17.6. The molecule has 0 aromatic carbocycles. The summed E-state index contributed by atoms with van der Waals surface area (Å²) in [4.78, 5) is 0. The number of aliphatic hydroxyl groups is 4. The minimum absolute atomic E-state index is 0.0120. The summed E-state index contributed by atoms with van der Waals surface area (Å²) >= 11 is 0. The van der Waals surface area contributed by atoms with Gasteiger partial charge < -0.3 is 20.4 Å². The fourth-order valence-corrected chi connectivity index (χ4v) is 3.06. The van der Waals surface area contributed by atoms with Crippen LogP contribution in [0.25, 0.3) is 0 Å². The predicted octanol–water partition coefficient (Wildman–Crippen LogP) is 1.61. The van der Waals surface area contributed by atoms with Crippen LogP contribution in [-0.2, 0) is 0 Å². The van der Waals surface area contributed by atoms with Gasteiger partial charge in [0, 0.05) is 6.61 Å². The van der Waals surface area contributed by atoms with Gasteiger partial charge in [-0.25, -0.2) is 0 Å². The molecule has 0 aromatic heterocycles. The first-order chi connectivity index (χ1) is 9.60. The molecular weight excluding hydrogens is 256 g/mol. The highest BCUT2D eigenvalue weighted by molar-refractivity contribution is 4.96. The van der Waals surface area contributed by atoms with E-state index in [9.17, 15) is 15.3 Å². The molecule has 0 aromatic rings. The number of hydrogen-bond donors (Lipinski definition) is 4. The van der Waals surface area contributed by atoms with E-state index < -0.39 is 18.3 Å². The number of aliphatic hydroxyl groups excluding tert-OH is 4. The highest BCUT2D eigenvalue weighted by Crippen LogP contribution is 2.38. The average molecular weight is 286 g/mol. The molecule has 1 rings (SSSR count). The van der Waals surface area contributed by atoms with Gasteiger partial charge in [-0.2, -0.15) is 0 Å². The maximum absolute atomic E-state index is 10.0. The molecule has 1 aliphatic carbocycles. The molecule has 0 saturated heterocycles. The largest absolute Gasteiger partial charge is 0.396 e. The van der Waals surface area contributed by atoms with Crippen molar-refractivity contribution in [3.63, 3.8) is 0 Å². The van der Waals surface area contributed by atoms with Gasteiger partial charge in [-0.05, 0) is 56.8 Å². The third-order valence-electron chi connectivity index (χ3n) is 4.39. The number of rotatable bonds is 9.